The summed E-state index contributed by atoms with van der Waals surface area (Å²) in [6.07, 6.45) is 0. The lowest BCUT2D eigenvalue weighted by Crippen LogP contribution is -1.85. The van der Waals surface area contributed by atoms with Crippen LogP contribution in [0.5, 0.6) is 0 Å². The average Bonchev–Trinajstić information content (AvgIpc) is 2.70. The Labute approximate surface area is 85.2 Å². The molecule has 70 valence electrons. The van der Waals surface area contributed by atoms with E-state index < -0.39 is 0 Å². The van der Waals surface area contributed by atoms with Crippen LogP contribution in [0.2, 0.25) is 0 Å². The summed E-state index contributed by atoms with van der Waals surface area (Å²) in [6, 6.07) is 9.23. The number of nitrogens with zero attached hydrogens (tertiary/aromatic N) is 1. The minimum atomic E-state index is 0.297. The normalized spacial score (nSPS) is 10.0. The fourth-order valence-corrected chi connectivity index (χ4v) is 1.96. The number of rotatable bonds is 2. The zero-order chi connectivity index (χ0) is 9.97. The first-order valence-corrected chi connectivity index (χ1v) is 4.96. The first-order valence-electron chi connectivity index (χ1n) is 4.08. The van der Waals surface area contributed by atoms with Crippen molar-refractivity contribution in [2.24, 2.45) is 5.18 Å². The molecule has 1 aromatic carbocycles. The summed E-state index contributed by atoms with van der Waals surface area (Å²) in [5.74, 6) is 0. The number of hydrogen-bond acceptors (Lipinski definition) is 4. The number of benzene rings is 1. The van der Waals surface area contributed by atoms with Gasteiger partial charge in [0, 0.05) is 4.88 Å². The topological polar surface area (TPSA) is 55.4 Å². The average molecular weight is 204 g/mol. The zero-order valence-corrected chi connectivity index (χ0v) is 8.12. The van der Waals surface area contributed by atoms with Crippen molar-refractivity contribution in [2.45, 2.75) is 0 Å². The molecule has 0 bridgehead atoms. The molecule has 3 nitrogen and oxygen atoms in total. The van der Waals surface area contributed by atoms with Crippen molar-refractivity contribution < 1.29 is 0 Å². The molecule has 0 aliphatic rings. The van der Waals surface area contributed by atoms with Gasteiger partial charge in [0.2, 0.25) is 0 Å². The lowest BCUT2D eigenvalue weighted by molar-refractivity contribution is 1.50. The van der Waals surface area contributed by atoms with Crippen molar-refractivity contribution in [1.29, 1.82) is 0 Å². The predicted octanol–water partition coefficient (Wildman–Crippen LogP) is 3.40. The van der Waals surface area contributed by atoms with E-state index in [9.17, 15) is 4.91 Å². The van der Waals surface area contributed by atoms with Crippen LogP contribution in [-0.4, -0.2) is 0 Å². The zero-order valence-electron chi connectivity index (χ0n) is 7.31. The highest BCUT2D eigenvalue weighted by atomic mass is 32.1. The van der Waals surface area contributed by atoms with E-state index in [0.717, 1.165) is 10.4 Å². The van der Waals surface area contributed by atoms with E-state index in [1.807, 2.05) is 23.6 Å². The van der Waals surface area contributed by atoms with Crippen molar-refractivity contribution >= 4 is 22.7 Å². The van der Waals surface area contributed by atoms with Crippen LogP contribution in [0, 0.1) is 4.91 Å². The Hall–Kier alpha value is -1.68. The Balaban J connectivity index is 2.48. The van der Waals surface area contributed by atoms with Crippen LogP contribution in [0.4, 0.5) is 11.4 Å². The van der Waals surface area contributed by atoms with E-state index in [-0.39, 0.29) is 0 Å². The van der Waals surface area contributed by atoms with Crippen LogP contribution in [0.25, 0.3) is 10.4 Å². The SMILES string of the molecule is Nc1cc(-c2cccs2)ccc1N=O. The minimum absolute atomic E-state index is 0.297. The lowest BCUT2D eigenvalue weighted by Gasteiger charge is -2.00. The van der Waals surface area contributed by atoms with Crippen LogP contribution in [0.3, 0.4) is 0 Å². The molecule has 14 heavy (non-hydrogen) atoms. The van der Waals surface area contributed by atoms with E-state index in [2.05, 4.69) is 5.18 Å². The second-order valence-electron chi connectivity index (χ2n) is 2.84. The Bertz CT molecular complexity index is 451. The number of thiophene rings is 1. The smallest absolute Gasteiger partial charge is 0.130 e. The molecule has 0 amide bonds. The molecule has 1 aromatic heterocycles. The summed E-state index contributed by atoms with van der Waals surface area (Å²) in [4.78, 5) is 11.4. The molecule has 0 aliphatic carbocycles. The van der Waals surface area contributed by atoms with Gasteiger partial charge in [-0.2, -0.15) is 0 Å². The number of nitroso groups, excluding NO2 is 1. The number of nitrogens with two attached hydrogens (primary N) is 1. The van der Waals surface area contributed by atoms with Gasteiger partial charge in [0.05, 0.1) is 5.69 Å². The highest BCUT2D eigenvalue weighted by Gasteiger charge is 2.03. The molecule has 4 heteroatoms. The minimum Gasteiger partial charge on any atom is -0.397 e. The van der Waals surface area contributed by atoms with E-state index in [0.29, 0.717) is 11.4 Å². The highest BCUT2D eigenvalue weighted by Crippen LogP contribution is 2.30. The molecule has 0 unspecified atom stereocenters. The Morgan fingerprint density at radius 2 is 2.14 bits per heavy atom. The molecule has 0 aliphatic heterocycles. The van der Waals surface area contributed by atoms with Gasteiger partial charge < -0.3 is 5.73 Å². The molecule has 0 saturated heterocycles. The maximum Gasteiger partial charge on any atom is 0.130 e. The third-order valence-corrected chi connectivity index (χ3v) is 2.85. The van der Waals surface area contributed by atoms with E-state index in [1.54, 1.807) is 23.5 Å². The molecular formula is C10H8N2OS. The summed E-state index contributed by atoms with van der Waals surface area (Å²) >= 11 is 1.63. The number of hydrogen-bond donors (Lipinski definition) is 1. The van der Waals surface area contributed by atoms with Crippen molar-refractivity contribution in [3.05, 3.63) is 40.6 Å². The summed E-state index contributed by atoms with van der Waals surface area (Å²) in [5, 5.41) is 4.82. The van der Waals surface area contributed by atoms with Gasteiger partial charge in [-0.05, 0) is 34.3 Å². The van der Waals surface area contributed by atoms with Gasteiger partial charge in [-0.1, -0.05) is 12.1 Å². The summed E-state index contributed by atoms with van der Waals surface area (Å²) in [7, 11) is 0. The van der Waals surface area contributed by atoms with E-state index in [4.69, 9.17) is 5.73 Å². The van der Waals surface area contributed by atoms with Crippen LogP contribution in [0.1, 0.15) is 0 Å². The molecule has 2 rings (SSSR count). The highest BCUT2D eigenvalue weighted by molar-refractivity contribution is 7.13. The van der Waals surface area contributed by atoms with Gasteiger partial charge in [-0.25, -0.2) is 0 Å². The molecule has 0 saturated carbocycles. The maximum absolute atomic E-state index is 10.3. The third kappa shape index (κ3) is 1.52. The summed E-state index contributed by atoms with van der Waals surface area (Å²) in [6.45, 7) is 0. The van der Waals surface area contributed by atoms with Crippen molar-refractivity contribution in [3.63, 3.8) is 0 Å². The fraction of sp³-hybridized carbons (Fsp3) is 0. The molecule has 1 heterocycles. The fourth-order valence-electron chi connectivity index (χ4n) is 1.23. The van der Waals surface area contributed by atoms with Gasteiger partial charge in [0.1, 0.15) is 5.69 Å². The number of nitrogen functional groups attached to an aromatic ring is 1. The second-order valence-corrected chi connectivity index (χ2v) is 3.79. The van der Waals surface area contributed by atoms with Crippen LogP contribution < -0.4 is 5.73 Å². The number of anilines is 1. The van der Waals surface area contributed by atoms with Crippen molar-refractivity contribution in [1.82, 2.24) is 0 Å². The summed E-state index contributed by atoms with van der Waals surface area (Å²) < 4.78 is 0. The van der Waals surface area contributed by atoms with Gasteiger partial charge in [-0.3, -0.25) is 0 Å². The Morgan fingerprint density at radius 3 is 2.71 bits per heavy atom. The van der Waals surface area contributed by atoms with Crippen molar-refractivity contribution in [2.75, 3.05) is 5.73 Å². The van der Waals surface area contributed by atoms with E-state index in [1.165, 1.54) is 0 Å². The van der Waals surface area contributed by atoms with Gasteiger partial charge in [-0.15, -0.1) is 16.2 Å². The molecule has 0 atom stereocenters. The van der Waals surface area contributed by atoms with Crippen LogP contribution in [0.15, 0.2) is 40.9 Å². The van der Waals surface area contributed by atoms with Crippen LogP contribution >= 0.6 is 11.3 Å². The van der Waals surface area contributed by atoms with E-state index >= 15 is 0 Å². The largest absolute Gasteiger partial charge is 0.397 e. The first-order chi connectivity index (χ1) is 6.81. The molecule has 0 radical (unpaired) electrons. The van der Waals surface area contributed by atoms with Crippen LogP contribution in [-0.2, 0) is 0 Å². The second kappa shape index (κ2) is 3.59. The predicted molar refractivity (Wildman–Crippen MR) is 59.6 cm³/mol. The summed E-state index contributed by atoms with van der Waals surface area (Å²) in [5.41, 5.74) is 7.39. The molecule has 2 N–H and O–H groups in total. The Morgan fingerprint density at radius 1 is 1.29 bits per heavy atom. The maximum atomic E-state index is 10.3. The molecular weight excluding hydrogens is 196 g/mol. The standard InChI is InChI=1S/C10H8N2OS/c11-8-6-7(3-4-9(8)12-13)10-2-1-5-14-10/h1-6H,11H2. The Kier molecular flexibility index (Phi) is 2.28. The third-order valence-electron chi connectivity index (χ3n) is 1.93. The van der Waals surface area contributed by atoms with Gasteiger partial charge in [0.15, 0.2) is 0 Å². The van der Waals surface area contributed by atoms with Gasteiger partial charge in [0.25, 0.3) is 0 Å². The molecule has 0 spiro atoms. The molecule has 0 fully saturated rings. The van der Waals surface area contributed by atoms with Gasteiger partial charge >= 0.3 is 0 Å². The monoisotopic (exact) mass is 204 g/mol. The molecule has 2 aromatic rings. The lowest BCUT2D eigenvalue weighted by atomic mass is 10.1. The quantitative estimate of drug-likeness (QED) is 0.602. The first kappa shape index (κ1) is 8.90. The van der Waals surface area contributed by atoms with Crippen molar-refractivity contribution in [3.8, 4) is 10.4 Å².